The second-order valence-corrected chi connectivity index (χ2v) is 7.58. The van der Waals surface area contributed by atoms with Crippen LogP contribution in [0, 0.1) is 0 Å². The number of aromatic nitrogens is 2. The summed E-state index contributed by atoms with van der Waals surface area (Å²) >= 11 is 0. The van der Waals surface area contributed by atoms with E-state index in [0.29, 0.717) is 13.0 Å². The first-order valence-electron chi connectivity index (χ1n) is 10.3. The average molecular weight is 402 g/mol. The number of hydrogen-bond acceptors (Lipinski definition) is 3. The molecule has 0 radical (unpaired) electrons. The fraction of sp³-hybridized carbons (Fsp3) is 0.292. The molecule has 4 rings (SSSR count). The van der Waals surface area contributed by atoms with Gasteiger partial charge in [0.15, 0.2) is 0 Å². The average Bonchev–Trinajstić information content (AvgIpc) is 3.37. The zero-order chi connectivity index (χ0) is 20.9. The molecule has 0 spiro atoms. The van der Waals surface area contributed by atoms with Crippen LogP contribution >= 0.6 is 0 Å². The van der Waals surface area contributed by atoms with Gasteiger partial charge in [0.2, 0.25) is 11.8 Å². The van der Waals surface area contributed by atoms with Crippen molar-refractivity contribution in [2.75, 3.05) is 4.90 Å². The smallest absolute Gasteiger partial charge is 0.243 e. The minimum absolute atomic E-state index is 0.123. The highest BCUT2D eigenvalue weighted by atomic mass is 16.2. The Morgan fingerprint density at radius 1 is 1.10 bits per heavy atom. The molecule has 6 heteroatoms. The van der Waals surface area contributed by atoms with Gasteiger partial charge in [-0.3, -0.25) is 14.5 Å². The molecule has 0 saturated heterocycles. The molecule has 30 heavy (non-hydrogen) atoms. The highest BCUT2D eigenvalue weighted by Crippen LogP contribution is 2.32. The molecular weight excluding hydrogens is 376 g/mol. The fourth-order valence-electron chi connectivity index (χ4n) is 4.08. The highest BCUT2D eigenvalue weighted by Gasteiger charge is 2.36. The number of nitrogens with zero attached hydrogens (tertiary/aromatic N) is 3. The van der Waals surface area contributed by atoms with Crippen molar-refractivity contribution >= 4 is 17.5 Å². The number of amides is 2. The van der Waals surface area contributed by atoms with Crippen molar-refractivity contribution in [3.8, 4) is 0 Å². The van der Waals surface area contributed by atoms with Crippen LogP contribution in [0.2, 0.25) is 0 Å². The van der Waals surface area contributed by atoms with Crippen LogP contribution < -0.4 is 10.2 Å². The maximum atomic E-state index is 12.9. The van der Waals surface area contributed by atoms with Crippen LogP contribution in [-0.2, 0) is 35.5 Å². The lowest BCUT2D eigenvalue weighted by molar-refractivity contribution is -0.125. The standard InChI is InChI=1S/C24H26N4O2/c1-18(29)28-21-12-6-5-11-20(21)16-22(28)24(30)26-17-23-25-13-15-27(23)14-7-10-19-8-3-2-4-9-19/h2-6,8-9,11-13,15,22H,7,10,14,16-17H2,1H3,(H,26,30)/t22-/m0/s1. The number of anilines is 1. The summed E-state index contributed by atoms with van der Waals surface area (Å²) in [5.74, 6) is 0.545. The first kappa shape index (κ1) is 19.9. The van der Waals surface area contributed by atoms with Crippen LogP contribution in [-0.4, -0.2) is 27.4 Å². The van der Waals surface area contributed by atoms with Crippen molar-refractivity contribution in [3.63, 3.8) is 0 Å². The van der Waals surface area contributed by atoms with E-state index in [0.717, 1.165) is 36.5 Å². The Kier molecular flexibility index (Phi) is 5.93. The number of nitrogens with one attached hydrogen (secondary N) is 1. The van der Waals surface area contributed by atoms with E-state index in [2.05, 4.69) is 39.1 Å². The molecule has 0 bridgehead atoms. The minimum Gasteiger partial charge on any atom is -0.347 e. The lowest BCUT2D eigenvalue weighted by atomic mass is 10.1. The molecular formula is C24H26N4O2. The van der Waals surface area contributed by atoms with Gasteiger partial charge in [-0.25, -0.2) is 4.98 Å². The third-order valence-corrected chi connectivity index (χ3v) is 5.55. The van der Waals surface area contributed by atoms with E-state index in [1.807, 2.05) is 36.5 Å². The van der Waals surface area contributed by atoms with Gasteiger partial charge in [0.25, 0.3) is 0 Å². The van der Waals surface area contributed by atoms with Gasteiger partial charge >= 0.3 is 0 Å². The Balaban J connectivity index is 1.35. The van der Waals surface area contributed by atoms with Gasteiger partial charge in [-0.2, -0.15) is 0 Å². The minimum atomic E-state index is -0.513. The summed E-state index contributed by atoms with van der Waals surface area (Å²) in [4.78, 5) is 31.1. The van der Waals surface area contributed by atoms with Crippen molar-refractivity contribution in [3.05, 3.63) is 83.9 Å². The number of carbonyl (C=O) groups is 2. The Hall–Kier alpha value is -3.41. The number of carbonyl (C=O) groups excluding carboxylic acids is 2. The lowest BCUT2D eigenvalue weighted by Crippen LogP contribution is -2.47. The summed E-state index contributed by atoms with van der Waals surface area (Å²) in [7, 11) is 0. The number of imidazole rings is 1. The zero-order valence-electron chi connectivity index (χ0n) is 17.1. The first-order chi connectivity index (χ1) is 14.6. The van der Waals surface area contributed by atoms with Crippen molar-refractivity contribution < 1.29 is 9.59 Å². The van der Waals surface area contributed by atoms with E-state index in [1.165, 1.54) is 12.5 Å². The van der Waals surface area contributed by atoms with Gasteiger partial charge in [-0.15, -0.1) is 0 Å². The van der Waals surface area contributed by atoms with Crippen molar-refractivity contribution in [2.24, 2.45) is 0 Å². The Labute approximate surface area is 176 Å². The Bertz CT molecular complexity index is 1030. The van der Waals surface area contributed by atoms with E-state index in [4.69, 9.17) is 0 Å². The predicted octanol–water partition coefficient (Wildman–Crippen LogP) is 3.11. The Morgan fingerprint density at radius 2 is 1.87 bits per heavy atom. The number of hydrogen-bond donors (Lipinski definition) is 1. The van der Waals surface area contributed by atoms with E-state index in [9.17, 15) is 9.59 Å². The molecule has 154 valence electrons. The first-order valence-corrected chi connectivity index (χ1v) is 10.3. The highest BCUT2D eigenvalue weighted by molar-refractivity contribution is 6.02. The number of aryl methyl sites for hydroxylation is 2. The van der Waals surface area contributed by atoms with Crippen LogP contribution in [0.5, 0.6) is 0 Å². The van der Waals surface area contributed by atoms with Gasteiger partial charge in [0.1, 0.15) is 11.9 Å². The third-order valence-electron chi connectivity index (χ3n) is 5.55. The molecule has 1 N–H and O–H groups in total. The van der Waals surface area contributed by atoms with Crippen LogP contribution in [0.25, 0.3) is 0 Å². The van der Waals surface area contributed by atoms with E-state index >= 15 is 0 Å². The number of fused-ring (bicyclic) bond motifs is 1. The molecule has 2 heterocycles. The van der Waals surface area contributed by atoms with Crippen LogP contribution in [0.4, 0.5) is 5.69 Å². The van der Waals surface area contributed by atoms with Crippen LogP contribution in [0.15, 0.2) is 67.0 Å². The summed E-state index contributed by atoms with van der Waals surface area (Å²) in [6.07, 6.45) is 6.24. The van der Waals surface area contributed by atoms with E-state index in [-0.39, 0.29) is 11.8 Å². The summed E-state index contributed by atoms with van der Waals surface area (Å²) in [6, 6.07) is 17.6. The maximum absolute atomic E-state index is 12.9. The van der Waals surface area contributed by atoms with Crippen molar-refractivity contribution in [1.82, 2.24) is 14.9 Å². The number of rotatable bonds is 7. The molecule has 1 aromatic heterocycles. The number of para-hydroxylation sites is 1. The van der Waals surface area contributed by atoms with E-state index < -0.39 is 6.04 Å². The third kappa shape index (κ3) is 4.27. The monoisotopic (exact) mass is 402 g/mol. The largest absolute Gasteiger partial charge is 0.347 e. The quantitative estimate of drug-likeness (QED) is 0.660. The molecule has 1 aliphatic heterocycles. The van der Waals surface area contributed by atoms with Crippen molar-refractivity contribution in [2.45, 2.75) is 45.3 Å². The van der Waals surface area contributed by atoms with Crippen LogP contribution in [0.1, 0.15) is 30.3 Å². The van der Waals surface area contributed by atoms with Gasteiger partial charge in [-0.1, -0.05) is 48.5 Å². The SMILES string of the molecule is CC(=O)N1c2ccccc2C[C@H]1C(=O)NCc1nccn1CCCc1ccccc1. The second kappa shape index (κ2) is 8.95. The summed E-state index contributed by atoms with van der Waals surface area (Å²) in [5, 5.41) is 2.98. The predicted molar refractivity (Wildman–Crippen MR) is 116 cm³/mol. The molecule has 0 unspecified atom stereocenters. The molecule has 1 aliphatic rings. The normalized spacial score (nSPS) is 15.1. The molecule has 3 aromatic rings. The van der Waals surface area contributed by atoms with Crippen LogP contribution in [0.3, 0.4) is 0 Å². The van der Waals surface area contributed by atoms with Gasteiger partial charge in [0, 0.05) is 38.0 Å². The maximum Gasteiger partial charge on any atom is 0.243 e. The summed E-state index contributed by atoms with van der Waals surface area (Å²) < 4.78 is 2.08. The molecule has 6 nitrogen and oxygen atoms in total. The van der Waals surface area contributed by atoms with Gasteiger partial charge in [-0.05, 0) is 30.0 Å². The summed E-state index contributed by atoms with van der Waals surface area (Å²) in [6.45, 7) is 2.69. The zero-order valence-corrected chi connectivity index (χ0v) is 17.1. The Morgan fingerprint density at radius 3 is 2.67 bits per heavy atom. The topological polar surface area (TPSA) is 67.2 Å². The van der Waals surface area contributed by atoms with Gasteiger partial charge < -0.3 is 9.88 Å². The van der Waals surface area contributed by atoms with E-state index in [1.54, 1.807) is 11.1 Å². The molecule has 0 aliphatic carbocycles. The molecule has 0 fully saturated rings. The van der Waals surface area contributed by atoms with Gasteiger partial charge in [0.05, 0.1) is 6.54 Å². The number of benzene rings is 2. The lowest BCUT2D eigenvalue weighted by Gasteiger charge is -2.23. The molecule has 2 amide bonds. The molecule has 2 aromatic carbocycles. The second-order valence-electron chi connectivity index (χ2n) is 7.58. The summed E-state index contributed by atoms with van der Waals surface area (Å²) in [5.41, 5.74) is 3.17. The van der Waals surface area contributed by atoms with Crippen molar-refractivity contribution in [1.29, 1.82) is 0 Å². The fourth-order valence-corrected chi connectivity index (χ4v) is 4.08. The molecule has 1 atom stereocenters. The molecule has 0 saturated carbocycles.